The Labute approximate surface area is 126 Å². The van der Waals surface area contributed by atoms with Gasteiger partial charge in [0.25, 0.3) is 0 Å². The van der Waals surface area contributed by atoms with E-state index in [0.717, 1.165) is 0 Å². The Balaban J connectivity index is 2.33. The number of nitrogens with two attached hydrogens (primary N) is 1. The van der Waals surface area contributed by atoms with Crippen LogP contribution in [0.4, 0.5) is 17.6 Å². The molecule has 7 nitrogen and oxygen atoms in total. The van der Waals surface area contributed by atoms with Gasteiger partial charge in [-0.25, -0.2) is 0 Å². The van der Waals surface area contributed by atoms with Gasteiger partial charge in [0.2, 0.25) is 11.9 Å². The second-order valence-corrected chi connectivity index (χ2v) is 4.83. The Morgan fingerprint density at radius 2 is 2.10 bits per heavy atom. The number of halogens is 1. The summed E-state index contributed by atoms with van der Waals surface area (Å²) in [7, 11) is 0. The van der Waals surface area contributed by atoms with Gasteiger partial charge in [0.1, 0.15) is 6.07 Å². The smallest absolute Gasteiger partial charge is 0.323 e. The number of nitrogens with one attached hydrogen (secondary N) is 1. The summed E-state index contributed by atoms with van der Waals surface area (Å²) in [6, 6.07) is 6.98. The van der Waals surface area contributed by atoms with E-state index in [4.69, 9.17) is 27.3 Å². The molecule has 0 spiro atoms. The van der Waals surface area contributed by atoms with Crippen LogP contribution in [0.5, 0.6) is 6.01 Å². The first kappa shape index (κ1) is 14.8. The maximum Gasteiger partial charge on any atom is 0.323 e. The van der Waals surface area contributed by atoms with Gasteiger partial charge in [-0.2, -0.15) is 20.2 Å². The zero-order valence-corrected chi connectivity index (χ0v) is 12.2. The average molecular weight is 305 g/mol. The third-order valence-corrected chi connectivity index (χ3v) is 2.56. The number of anilines is 3. The molecule has 0 radical (unpaired) electrons. The Kier molecular flexibility index (Phi) is 4.40. The summed E-state index contributed by atoms with van der Waals surface area (Å²) in [6.07, 6.45) is -0.0968. The van der Waals surface area contributed by atoms with Crippen LogP contribution in [0.1, 0.15) is 19.4 Å². The van der Waals surface area contributed by atoms with Crippen molar-refractivity contribution in [1.29, 1.82) is 5.26 Å². The van der Waals surface area contributed by atoms with E-state index in [0.29, 0.717) is 16.3 Å². The first-order valence-electron chi connectivity index (χ1n) is 6.13. The van der Waals surface area contributed by atoms with Gasteiger partial charge in [-0.3, -0.25) is 0 Å². The van der Waals surface area contributed by atoms with Crippen molar-refractivity contribution in [1.82, 2.24) is 15.0 Å². The van der Waals surface area contributed by atoms with Crippen molar-refractivity contribution < 1.29 is 4.74 Å². The molecule has 1 aromatic carbocycles. The number of rotatable bonds is 4. The summed E-state index contributed by atoms with van der Waals surface area (Å²) < 4.78 is 5.38. The summed E-state index contributed by atoms with van der Waals surface area (Å²) in [5.41, 5.74) is 6.50. The van der Waals surface area contributed by atoms with E-state index in [1.54, 1.807) is 18.2 Å². The van der Waals surface area contributed by atoms with Gasteiger partial charge >= 0.3 is 6.01 Å². The van der Waals surface area contributed by atoms with Crippen LogP contribution in [0.15, 0.2) is 18.2 Å². The average Bonchev–Trinajstić information content (AvgIpc) is 2.37. The number of hydrogen-bond acceptors (Lipinski definition) is 7. The molecule has 2 rings (SSSR count). The molecule has 1 heterocycles. The van der Waals surface area contributed by atoms with Crippen LogP contribution in [0.25, 0.3) is 0 Å². The molecule has 0 aliphatic carbocycles. The molecule has 8 heteroatoms. The second-order valence-electron chi connectivity index (χ2n) is 4.39. The topological polar surface area (TPSA) is 110 Å². The SMILES string of the molecule is CC(C)Oc1nc(N)nc(Nc2cc(Cl)ccc2C#N)n1. The molecule has 0 aliphatic rings. The van der Waals surface area contributed by atoms with Crippen LogP contribution >= 0.6 is 11.6 Å². The number of hydrogen-bond donors (Lipinski definition) is 2. The summed E-state index contributed by atoms with van der Waals surface area (Å²) >= 11 is 5.92. The van der Waals surface area contributed by atoms with Crippen molar-refractivity contribution in [2.45, 2.75) is 20.0 Å². The summed E-state index contributed by atoms with van der Waals surface area (Å²) in [5, 5.41) is 12.5. The molecule has 108 valence electrons. The maximum atomic E-state index is 9.08. The minimum absolute atomic E-state index is 0.0173. The first-order valence-corrected chi connectivity index (χ1v) is 6.50. The predicted molar refractivity (Wildman–Crippen MR) is 79.5 cm³/mol. The molecular weight excluding hydrogens is 292 g/mol. The molecule has 0 saturated heterocycles. The highest BCUT2D eigenvalue weighted by atomic mass is 35.5. The highest BCUT2D eigenvalue weighted by Crippen LogP contribution is 2.23. The van der Waals surface area contributed by atoms with E-state index >= 15 is 0 Å². The predicted octanol–water partition coefficient (Wildman–Crippen LogP) is 2.51. The Morgan fingerprint density at radius 1 is 1.33 bits per heavy atom. The van der Waals surface area contributed by atoms with Crippen LogP contribution in [0.3, 0.4) is 0 Å². The Bertz CT molecular complexity index is 698. The quantitative estimate of drug-likeness (QED) is 0.892. The van der Waals surface area contributed by atoms with E-state index in [2.05, 4.69) is 20.3 Å². The van der Waals surface area contributed by atoms with Crippen LogP contribution in [-0.4, -0.2) is 21.1 Å². The van der Waals surface area contributed by atoms with E-state index in [1.165, 1.54) is 0 Å². The number of aromatic nitrogens is 3. The molecule has 2 aromatic rings. The lowest BCUT2D eigenvalue weighted by Gasteiger charge is -2.11. The van der Waals surface area contributed by atoms with Crippen molar-refractivity contribution in [2.24, 2.45) is 0 Å². The zero-order chi connectivity index (χ0) is 15.4. The van der Waals surface area contributed by atoms with Crippen molar-refractivity contribution >= 4 is 29.2 Å². The number of benzene rings is 1. The third kappa shape index (κ3) is 3.94. The van der Waals surface area contributed by atoms with Crippen LogP contribution in [0, 0.1) is 11.3 Å². The molecule has 0 aliphatic heterocycles. The van der Waals surface area contributed by atoms with Crippen molar-refractivity contribution in [2.75, 3.05) is 11.1 Å². The summed E-state index contributed by atoms with van der Waals surface area (Å²) in [5.74, 6) is 0.195. The fourth-order valence-corrected chi connectivity index (χ4v) is 1.70. The molecule has 0 fully saturated rings. The lowest BCUT2D eigenvalue weighted by molar-refractivity contribution is 0.222. The highest BCUT2D eigenvalue weighted by Gasteiger charge is 2.10. The van der Waals surface area contributed by atoms with Gasteiger partial charge in [0.05, 0.1) is 17.4 Å². The monoisotopic (exact) mass is 304 g/mol. The molecule has 0 unspecified atom stereocenters. The van der Waals surface area contributed by atoms with Gasteiger partial charge in [-0.15, -0.1) is 0 Å². The van der Waals surface area contributed by atoms with Gasteiger partial charge < -0.3 is 15.8 Å². The van der Waals surface area contributed by atoms with Crippen molar-refractivity contribution in [3.63, 3.8) is 0 Å². The molecular formula is C13H13ClN6O. The molecule has 0 bridgehead atoms. The molecule has 0 saturated carbocycles. The molecule has 0 amide bonds. The fraction of sp³-hybridized carbons (Fsp3) is 0.231. The number of ether oxygens (including phenoxy) is 1. The Morgan fingerprint density at radius 3 is 2.76 bits per heavy atom. The van der Waals surface area contributed by atoms with Gasteiger partial charge in [-0.05, 0) is 32.0 Å². The highest BCUT2D eigenvalue weighted by molar-refractivity contribution is 6.30. The second kappa shape index (κ2) is 6.24. The van der Waals surface area contributed by atoms with Gasteiger partial charge in [0.15, 0.2) is 0 Å². The van der Waals surface area contributed by atoms with E-state index in [-0.39, 0.29) is 24.0 Å². The zero-order valence-electron chi connectivity index (χ0n) is 11.5. The van der Waals surface area contributed by atoms with E-state index in [1.807, 2.05) is 19.9 Å². The van der Waals surface area contributed by atoms with Crippen LogP contribution < -0.4 is 15.8 Å². The van der Waals surface area contributed by atoms with E-state index in [9.17, 15) is 0 Å². The largest absolute Gasteiger partial charge is 0.461 e. The van der Waals surface area contributed by atoms with Crippen molar-refractivity contribution in [3.05, 3.63) is 28.8 Å². The molecule has 0 atom stereocenters. The standard InChI is InChI=1S/C13H13ClN6O/c1-7(2)21-13-19-11(16)18-12(20-13)17-10-5-9(14)4-3-8(10)6-15/h3-5,7H,1-2H3,(H3,16,17,18,19,20). The number of nitrogen functional groups attached to an aromatic ring is 1. The van der Waals surface area contributed by atoms with E-state index < -0.39 is 0 Å². The maximum absolute atomic E-state index is 9.08. The van der Waals surface area contributed by atoms with Crippen LogP contribution in [-0.2, 0) is 0 Å². The lowest BCUT2D eigenvalue weighted by Crippen LogP contribution is -2.12. The van der Waals surface area contributed by atoms with Gasteiger partial charge in [-0.1, -0.05) is 11.6 Å². The Hall–Kier alpha value is -2.59. The third-order valence-electron chi connectivity index (χ3n) is 2.32. The lowest BCUT2D eigenvalue weighted by atomic mass is 10.2. The molecule has 1 aromatic heterocycles. The summed E-state index contributed by atoms with van der Waals surface area (Å²) in [4.78, 5) is 11.9. The minimum atomic E-state index is -0.0968. The van der Waals surface area contributed by atoms with Crippen LogP contribution in [0.2, 0.25) is 5.02 Å². The number of nitriles is 1. The van der Waals surface area contributed by atoms with Crippen molar-refractivity contribution in [3.8, 4) is 12.1 Å². The number of nitrogens with zero attached hydrogens (tertiary/aromatic N) is 4. The minimum Gasteiger partial charge on any atom is -0.461 e. The summed E-state index contributed by atoms with van der Waals surface area (Å²) in [6.45, 7) is 3.69. The normalized spacial score (nSPS) is 10.2. The van der Waals surface area contributed by atoms with Gasteiger partial charge in [0, 0.05) is 5.02 Å². The molecule has 21 heavy (non-hydrogen) atoms. The molecule has 3 N–H and O–H groups in total. The first-order chi connectivity index (χ1) is 9.97. The fourth-order valence-electron chi connectivity index (χ4n) is 1.53.